The molecule has 1 aromatic carbocycles. The van der Waals surface area contributed by atoms with Crippen molar-refractivity contribution >= 4 is 11.7 Å². The Kier molecular flexibility index (Phi) is 4.65. The van der Waals surface area contributed by atoms with Crippen molar-refractivity contribution in [2.75, 3.05) is 0 Å². The average Bonchev–Trinajstić information content (AvgIpc) is 2.45. The molecule has 0 aromatic heterocycles. The van der Waals surface area contributed by atoms with Crippen LogP contribution in [-0.4, -0.2) is 11.7 Å². The van der Waals surface area contributed by atoms with Gasteiger partial charge in [-0.15, -0.1) is 0 Å². The zero-order valence-electron chi connectivity index (χ0n) is 11.6. The van der Waals surface area contributed by atoms with Crippen LogP contribution in [0.4, 0.5) is 13.2 Å². The van der Waals surface area contributed by atoms with Crippen LogP contribution in [0, 0.1) is 0 Å². The molecule has 0 aliphatic heterocycles. The third kappa shape index (κ3) is 4.31. The maximum Gasteiger partial charge on any atom is 0.416 e. The van der Waals surface area contributed by atoms with Crippen molar-refractivity contribution < 1.29 is 22.8 Å². The van der Waals surface area contributed by atoms with Gasteiger partial charge in [0.05, 0.1) is 11.3 Å². The van der Waals surface area contributed by atoms with Crippen molar-refractivity contribution in [3.8, 4) is 0 Å². The van der Waals surface area contributed by atoms with Gasteiger partial charge < -0.3 is 4.84 Å². The number of halogens is 3. The summed E-state index contributed by atoms with van der Waals surface area (Å²) < 4.78 is 38.1. The van der Waals surface area contributed by atoms with Gasteiger partial charge in [0.25, 0.3) is 0 Å². The van der Waals surface area contributed by atoms with Crippen molar-refractivity contribution in [3.05, 3.63) is 35.4 Å². The summed E-state index contributed by atoms with van der Waals surface area (Å²) in [6, 6.07) is 5.48. The molecule has 6 heteroatoms. The standard InChI is InChI=1S/C15H16F3NO2/c1-10(20)21-19-14-7-5-11(6-8-14)12-3-2-4-13(9-12)15(16,17)18/h2-4,9,11H,5-8H2,1H3. The SMILES string of the molecule is CC(=O)ON=C1CCC(c2cccc(C(F)(F)F)c2)CC1. The molecule has 1 aromatic rings. The maximum atomic E-state index is 12.7. The fourth-order valence-corrected chi connectivity index (χ4v) is 2.47. The van der Waals surface area contributed by atoms with Gasteiger partial charge in [-0.25, -0.2) is 4.79 Å². The molecule has 1 fully saturated rings. The Hall–Kier alpha value is -1.85. The van der Waals surface area contributed by atoms with Crippen LogP contribution < -0.4 is 0 Å². The summed E-state index contributed by atoms with van der Waals surface area (Å²) in [6.07, 6.45) is -1.63. The Labute approximate surface area is 120 Å². The van der Waals surface area contributed by atoms with Crippen LogP contribution in [-0.2, 0) is 15.8 Å². The minimum Gasteiger partial charge on any atom is -0.319 e. The first-order valence-corrected chi connectivity index (χ1v) is 6.77. The fourth-order valence-electron chi connectivity index (χ4n) is 2.47. The van der Waals surface area contributed by atoms with Crippen LogP contribution in [0.3, 0.4) is 0 Å². The van der Waals surface area contributed by atoms with Gasteiger partial charge in [0.2, 0.25) is 0 Å². The number of benzene rings is 1. The molecule has 1 aliphatic carbocycles. The number of nitrogens with zero attached hydrogens (tertiary/aromatic N) is 1. The first kappa shape index (κ1) is 15.5. The van der Waals surface area contributed by atoms with E-state index in [-0.39, 0.29) is 5.92 Å². The molecule has 0 heterocycles. The summed E-state index contributed by atoms with van der Waals surface area (Å²) in [6.45, 7) is 1.28. The topological polar surface area (TPSA) is 38.7 Å². The minimum absolute atomic E-state index is 0.0866. The number of hydrogen-bond donors (Lipinski definition) is 0. The highest BCUT2D eigenvalue weighted by molar-refractivity contribution is 5.85. The largest absolute Gasteiger partial charge is 0.416 e. The van der Waals surface area contributed by atoms with E-state index in [1.807, 2.05) is 0 Å². The summed E-state index contributed by atoms with van der Waals surface area (Å²) >= 11 is 0. The molecule has 0 bridgehead atoms. The third-order valence-electron chi connectivity index (χ3n) is 3.55. The molecule has 0 unspecified atom stereocenters. The Morgan fingerprint density at radius 1 is 1.29 bits per heavy atom. The monoisotopic (exact) mass is 299 g/mol. The summed E-state index contributed by atoms with van der Waals surface area (Å²) in [4.78, 5) is 15.3. The number of carbonyl (C=O) groups excluding carboxylic acids is 1. The van der Waals surface area contributed by atoms with Crippen LogP contribution in [0.5, 0.6) is 0 Å². The van der Waals surface area contributed by atoms with E-state index in [1.54, 1.807) is 6.07 Å². The zero-order valence-corrected chi connectivity index (χ0v) is 11.6. The van der Waals surface area contributed by atoms with Crippen LogP contribution in [0.25, 0.3) is 0 Å². The Balaban J connectivity index is 2.02. The fraction of sp³-hybridized carbons (Fsp3) is 0.467. The molecule has 1 saturated carbocycles. The predicted octanol–water partition coefficient (Wildman–Crippen LogP) is 4.28. The molecule has 21 heavy (non-hydrogen) atoms. The molecular formula is C15H16F3NO2. The molecule has 0 atom stereocenters. The van der Waals surface area contributed by atoms with E-state index in [2.05, 4.69) is 9.99 Å². The van der Waals surface area contributed by atoms with Gasteiger partial charge in [-0.05, 0) is 43.2 Å². The lowest BCUT2D eigenvalue weighted by Crippen LogP contribution is -2.14. The third-order valence-corrected chi connectivity index (χ3v) is 3.55. The second-order valence-corrected chi connectivity index (χ2v) is 5.14. The Morgan fingerprint density at radius 3 is 2.52 bits per heavy atom. The van der Waals surface area contributed by atoms with Crippen LogP contribution >= 0.6 is 0 Å². The van der Waals surface area contributed by atoms with Crippen molar-refractivity contribution in [2.45, 2.75) is 44.7 Å². The average molecular weight is 299 g/mol. The van der Waals surface area contributed by atoms with Crippen LogP contribution in [0.15, 0.2) is 29.4 Å². The van der Waals surface area contributed by atoms with Crippen molar-refractivity contribution in [3.63, 3.8) is 0 Å². The molecule has 0 N–H and O–H groups in total. The molecule has 114 valence electrons. The molecule has 0 amide bonds. The van der Waals surface area contributed by atoms with Crippen molar-refractivity contribution in [1.29, 1.82) is 0 Å². The van der Waals surface area contributed by atoms with Gasteiger partial charge in [0.1, 0.15) is 0 Å². The molecule has 2 rings (SSSR count). The molecule has 0 radical (unpaired) electrons. The number of oxime groups is 1. The van der Waals surface area contributed by atoms with Gasteiger partial charge in [0.15, 0.2) is 0 Å². The molecule has 0 saturated heterocycles. The molecule has 0 spiro atoms. The second kappa shape index (κ2) is 6.28. The lowest BCUT2D eigenvalue weighted by atomic mass is 9.83. The Morgan fingerprint density at radius 2 is 1.95 bits per heavy atom. The van der Waals surface area contributed by atoms with Gasteiger partial charge in [-0.1, -0.05) is 23.4 Å². The van der Waals surface area contributed by atoms with E-state index in [0.29, 0.717) is 31.2 Å². The molecule has 1 aliphatic rings. The predicted molar refractivity (Wildman–Crippen MR) is 71.9 cm³/mol. The lowest BCUT2D eigenvalue weighted by molar-refractivity contribution is -0.141. The number of rotatable bonds is 2. The smallest absolute Gasteiger partial charge is 0.319 e. The van der Waals surface area contributed by atoms with Gasteiger partial charge in [-0.2, -0.15) is 13.2 Å². The molecule has 3 nitrogen and oxygen atoms in total. The van der Waals surface area contributed by atoms with Gasteiger partial charge >= 0.3 is 12.1 Å². The highest BCUT2D eigenvalue weighted by Gasteiger charge is 2.31. The number of alkyl halides is 3. The van der Waals surface area contributed by atoms with E-state index in [4.69, 9.17) is 0 Å². The van der Waals surface area contributed by atoms with Gasteiger partial charge in [-0.3, -0.25) is 0 Å². The summed E-state index contributed by atoms with van der Waals surface area (Å²) in [5.74, 6) is -0.383. The summed E-state index contributed by atoms with van der Waals surface area (Å²) in [5, 5.41) is 3.75. The highest BCUT2D eigenvalue weighted by atomic mass is 19.4. The normalized spacial score (nSPS) is 19.2. The highest BCUT2D eigenvalue weighted by Crippen LogP contribution is 2.35. The first-order valence-electron chi connectivity index (χ1n) is 6.77. The van der Waals surface area contributed by atoms with E-state index in [1.165, 1.54) is 19.1 Å². The van der Waals surface area contributed by atoms with E-state index in [9.17, 15) is 18.0 Å². The van der Waals surface area contributed by atoms with Crippen LogP contribution in [0.1, 0.15) is 49.7 Å². The van der Waals surface area contributed by atoms with E-state index in [0.717, 1.165) is 11.8 Å². The second-order valence-electron chi connectivity index (χ2n) is 5.14. The number of hydrogen-bond acceptors (Lipinski definition) is 3. The first-order chi connectivity index (χ1) is 9.86. The summed E-state index contributed by atoms with van der Waals surface area (Å²) in [5.41, 5.74) is 0.879. The Bertz CT molecular complexity index is 542. The maximum absolute atomic E-state index is 12.7. The molecular weight excluding hydrogens is 283 g/mol. The minimum atomic E-state index is -4.31. The zero-order chi connectivity index (χ0) is 15.5. The van der Waals surface area contributed by atoms with Crippen molar-refractivity contribution in [1.82, 2.24) is 0 Å². The van der Waals surface area contributed by atoms with Crippen molar-refractivity contribution in [2.24, 2.45) is 5.16 Å². The summed E-state index contributed by atoms with van der Waals surface area (Å²) in [7, 11) is 0. The van der Waals surface area contributed by atoms with E-state index < -0.39 is 17.7 Å². The number of carbonyl (C=O) groups is 1. The quantitative estimate of drug-likeness (QED) is 0.604. The van der Waals surface area contributed by atoms with Gasteiger partial charge in [0, 0.05) is 6.92 Å². The van der Waals surface area contributed by atoms with Crippen LogP contribution in [0.2, 0.25) is 0 Å². The van der Waals surface area contributed by atoms with E-state index >= 15 is 0 Å². The lowest BCUT2D eigenvalue weighted by Gasteiger charge is -2.23.